The second-order valence-electron chi connectivity index (χ2n) is 4.68. The fourth-order valence-corrected chi connectivity index (χ4v) is 4.34. The van der Waals surface area contributed by atoms with Gasteiger partial charge in [0.2, 0.25) is 5.91 Å². The van der Waals surface area contributed by atoms with Crippen LogP contribution in [0.25, 0.3) is 0 Å². The highest BCUT2D eigenvalue weighted by molar-refractivity contribution is 8.03. The molecule has 10 heteroatoms. The van der Waals surface area contributed by atoms with Crippen LogP contribution in [0.1, 0.15) is 30.6 Å². The lowest BCUT2D eigenvalue weighted by atomic mass is 10.3. The minimum Gasteiger partial charge on any atom is -0.462 e. The van der Waals surface area contributed by atoms with Gasteiger partial charge in [-0.3, -0.25) is 4.79 Å². The Morgan fingerprint density at radius 2 is 2.04 bits per heavy atom. The fraction of sp³-hybridized carbons (Fsp3) is 0.400. The average molecular weight is 399 g/mol. The normalized spacial score (nSPS) is 10.5. The molecule has 0 aliphatic rings. The summed E-state index contributed by atoms with van der Waals surface area (Å²) < 4.78 is 6.38. The molecule has 0 saturated carbocycles. The minimum absolute atomic E-state index is 0.00697. The lowest BCUT2D eigenvalue weighted by molar-refractivity contribution is -0.118. The molecule has 0 saturated heterocycles. The van der Waals surface area contributed by atoms with E-state index in [1.54, 1.807) is 19.1 Å². The first-order chi connectivity index (χ1) is 12.1. The van der Waals surface area contributed by atoms with Crippen LogP contribution in [0.15, 0.2) is 32.0 Å². The van der Waals surface area contributed by atoms with Crippen molar-refractivity contribution < 1.29 is 14.3 Å². The number of esters is 1. The number of carbonyl (C=O) groups excluding carboxylic acids is 2. The van der Waals surface area contributed by atoms with Crippen LogP contribution in [-0.2, 0) is 9.53 Å². The van der Waals surface area contributed by atoms with Crippen LogP contribution in [0.5, 0.6) is 0 Å². The molecule has 0 spiro atoms. The number of amides is 1. The predicted molar refractivity (Wildman–Crippen MR) is 98.3 cm³/mol. The maximum Gasteiger partial charge on any atom is 0.339 e. The molecule has 2 aromatic rings. The highest BCUT2D eigenvalue weighted by Crippen LogP contribution is 2.32. The first kappa shape index (κ1) is 19.7. The van der Waals surface area contributed by atoms with Gasteiger partial charge in [-0.25, -0.2) is 9.78 Å². The molecule has 0 atom stereocenters. The third-order valence-corrected chi connectivity index (χ3v) is 5.78. The van der Waals surface area contributed by atoms with Gasteiger partial charge in [0, 0.05) is 12.7 Å². The van der Waals surface area contributed by atoms with Crippen molar-refractivity contribution in [2.75, 3.05) is 18.9 Å². The Bertz CT molecular complexity index is 706. The molecule has 134 valence electrons. The van der Waals surface area contributed by atoms with Crippen LogP contribution >= 0.6 is 34.9 Å². The third kappa shape index (κ3) is 6.63. The maximum atomic E-state index is 11.6. The Labute approximate surface area is 158 Å². The Kier molecular flexibility index (Phi) is 8.16. The van der Waals surface area contributed by atoms with Gasteiger partial charge in [0.15, 0.2) is 8.68 Å². The van der Waals surface area contributed by atoms with Crippen molar-refractivity contribution in [3.63, 3.8) is 0 Å². The van der Waals surface area contributed by atoms with E-state index in [2.05, 4.69) is 20.5 Å². The molecular weight excluding hydrogens is 380 g/mol. The van der Waals surface area contributed by atoms with Crippen LogP contribution in [-0.4, -0.2) is 46.0 Å². The van der Waals surface area contributed by atoms with Crippen LogP contribution < -0.4 is 5.32 Å². The molecule has 1 N–H and O–H groups in total. The zero-order valence-electron chi connectivity index (χ0n) is 13.9. The van der Waals surface area contributed by atoms with Gasteiger partial charge in [-0.15, -0.1) is 10.2 Å². The van der Waals surface area contributed by atoms with Crippen molar-refractivity contribution in [1.82, 2.24) is 20.5 Å². The number of nitrogens with one attached hydrogen (secondary N) is 1. The molecule has 25 heavy (non-hydrogen) atoms. The summed E-state index contributed by atoms with van der Waals surface area (Å²) in [5.41, 5.74) is 0.415. The Hall–Kier alpha value is -1.65. The third-order valence-electron chi connectivity index (χ3n) is 2.73. The predicted octanol–water partition coefficient (Wildman–Crippen LogP) is 2.88. The van der Waals surface area contributed by atoms with Crippen molar-refractivity contribution in [2.45, 2.75) is 34.0 Å². The molecule has 2 heterocycles. The lowest BCUT2D eigenvalue weighted by Gasteiger charge is -2.01. The van der Waals surface area contributed by atoms with E-state index in [0.29, 0.717) is 29.5 Å². The molecule has 0 bridgehead atoms. The topological polar surface area (TPSA) is 94.1 Å². The summed E-state index contributed by atoms with van der Waals surface area (Å²) in [6, 6.07) is 3.41. The standard InChI is InChI=1S/C15H18N4O3S3/c1-3-7-16-11(20)9-23-14-18-19-15(25-14)24-12-6-5-10(8-17-12)13(21)22-4-2/h5-6,8H,3-4,7,9H2,1-2H3,(H,16,20). The van der Waals surface area contributed by atoms with Gasteiger partial charge in [0.1, 0.15) is 5.03 Å². The van der Waals surface area contributed by atoms with E-state index in [4.69, 9.17) is 4.74 Å². The van der Waals surface area contributed by atoms with Gasteiger partial charge in [0.25, 0.3) is 0 Å². The summed E-state index contributed by atoms with van der Waals surface area (Å²) in [5.74, 6) is -0.0684. The monoisotopic (exact) mass is 398 g/mol. The Morgan fingerprint density at radius 1 is 1.24 bits per heavy atom. The summed E-state index contributed by atoms with van der Waals surface area (Å²) in [6.07, 6.45) is 2.40. The highest BCUT2D eigenvalue weighted by Gasteiger charge is 2.11. The van der Waals surface area contributed by atoms with E-state index in [0.717, 1.165) is 15.1 Å². The van der Waals surface area contributed by atoms with E-state index in [1.165, 1.54) is 41.1 Å². The van der Waals surface area contributed by atoms with Crippen molar-refractivity contribution in [1.29, 1.82) is 0 Å². The average Bonchev–Trinajstić information content (AvgIpc) is 3.06. The lowest BCUT2D eigenvalue weighted by Crippen LogP contribution is -2.25. The fourth-order valence-electron chi connectivity index (χ4n) is 1.60. The molecule has 2 aromatic heterocycles. The second-order valence-corrected chi connectivity index (χ2v) is 8.15. The van der Waals surface area contributed by atoms with Crippen LogP contribution in [0, 0.1) is 0 Å². The van der Waals surface area contributed by atoms with Gasteiger partial charge in [-0.05, 0) is 37.2 Å². The smallest absolute Gasteiger partial charge is 0.339 e. The molecule has 0 fully saturated rings. The van der Waals surface area contributed by atoms with Crippen LogP contribution in [0.2, 0.25) is 0 Å². The number of thioether (sulfide) groups is 1. The summed E-state index contributed by atoms with van der Waals surface area (Å²) in [6.45, 7) is 4.78. The molecule has 0 aromatic carbocycles. The van der Waals surface area contributed by atoms with Gasteiger partial charge >= 0.3 is 5.97 Å². The quantitative estimate of drug-likeness (QED) is 0.509. The summed E-state index contributed by atoms with van der Waals surface area (Å²) >= 11 is 4.12. The van der Waals surface area contributed by atoms with Gasteiger partial charge < -0.3 is 10.1 Å². The van der Waals surface area contributed by atoms with E-state index in [-0.39, 0.29) is 11.9 Å². The number of nitrogens with zero attached hydrogens (tertiary/aromatic N) is 3. The summed E-state index contributed by atoms with van der Waals surface area (Å²) in [4.78, 5) is 27.4. The van der Waals surface area contributed by atoms with Crippen molar-refractivity contribution >= 4 is 46.7 Å². The molecule has 1 amide bonds. The molecule has 0 radical (unpaired) electrons. The summed E-state index contributed by atoms with van der Waals surface area (Å²) in [5, 5.41) is 11.7. The first-order valence-electron chi connectivity index (χ1n) is 7.66. The number of aromatic nitrogens is 3. The van der Waals surface area contributed by atoms with Gasteiger partial charge in [0.05, 0.1) is 17.9 Å². The molecule has 0 unspecified atom stereocenters. The van der Waals surface area contributed by atoms with Gasteiger partial charge in [-0.1, -0.05) is 30.0 Å². The molecule has 2 rings (SSSR count). The Morgan fingerprint density at radius 3 is 2.72 bits per heavy atom. The van der Waals surface area contributed by atoms with Crippen molar-refractivity contribution in [3.8, 4) is 0 Å². The highest BCUT2D eigenvalue weighted by atomic mass is 32.2. The Balaban J connectivity index is 1.86. The molecular formula is C15H18N4O3S3. The number of pyridine rings is 1. The van der Waals surface area contributed by atoms with Crippen LogP contribution in [0.3, 0.4) is 0 Å². The molecule has 0 aliphatic heterocycles. The first-order valence-corrected chi connectivity index (χ1v) is 10.3. The number of rotatable bonds is 9. The van der Waals surface area contributed by atoms with Crippen LogP contribution in [0.4, 0.5) is 0 Å². The van der Waals surface area contributed by atoms with E-state index >= 15 is 0 Å². The number of carbonyl (C=O) groups is 2. The van der Waals surface area contributed by atoms with E-state index in [9.17, 15) is 9.59 Å². The largest absolute Gasteiger partial charge is 0.462 e. The molecule has 7 nitrogen and oxygen atoms in total. The minimum atomic E-state index is -0.387. The van der Waals surface area contributed by atoms with Gasteiger partial charge in [-0.2, -0.15) is 0 Å². The maximum absolute atomic E-state index is 11.6. The number of hydrogen-bond donors (Lipinski definition) is 1. The number of ether oxygens (including phenoxy) is 1. The zero-order valence-corrected chi connectivity index (χ0v) is 16.3. The number of hydrogen-bond acceptors (Lipinski definition) is 9. The van der Waals surface area contributed by atoms with Crippen molar-refractivity contribution in [2.24, 2.45) is 0 Å². The SMILES string of the molecule is CCCNC(=O)CSc1nnc(Sc2ccc(C(=O)OCC)cn2)s1. The van der Waals surface area contributed by atoms with E-state index < -0.39 is 0 Å². The zero-order chi connectivity index (χ0) is 18.1. The summed E-state index contributed by atoms with van der Waals surface area (Å²) in [7, 11) is 0. The van der Waals surface area contributed by atoms with Crippen molar-refractivity contribution in [3.05, 3.63) is 23.9 Å². The van der Waals surface area contributed by atoms with E-state index in [1.807, 2.05) is 6.92 Å². The second kappa shape index (κ2) is 10.4. The molecule has 0 aliphatic carbocycles.